The van der Waals surface area contributed by atoms with Crippen LogP contribution in [0.5, 0.6) is 5.75 Å². The number of rotatable bonds is 3. The van der Waals surface area contributed by atoms with Crippen molar-refractivity contribution in [3.8, 4) is 5.75 Å². The first kappa shape index (κ1) is 16.6. The van der Waals surface area contributed by atoms with Gasteiger partial charge in [0.1, 0.15) is 17.4 Å². The summed E-state index contributed by atoms with van der Waals surface area (Å²) >= 11 is 2.53. The Balaban J connectivity index is 2.39. The Morgan fingerprint density at radius 1 is 0.773 bits per heavy atom. The maximum Gasteiger partial charge on any atom is 0.426 e. The van der Waals surface area contributed by atoms with E-state index in [2.05, 4.69) is 20.7 Å². The van der Waals surface area contributed by atoms with Gasteiger partial charge in [-0.3, -0.25) is 0 Å². The van der Waals surface area contributed by atoms with E-state index in [4.69, 9.17) is 0 Å². The molecule has 118 valence electrons. The molecule has 2 rings (SSSR count). The highest BCUT2D eigenvalue weighted by atomic mass is 79.9. The molecule has 0 saturated carbocycles. The fourth-order valence-corrected chi connectivity index (χ4v) is 1.75. The molecule has 9 heteroatoms. The zero-order chi connectivity index (χ0) is 16.7. The number of halogens is 8. The fraction of sp³-hybridized carbons (Fsp3) is 0.0769. The summed E-state index contributed by atoms with van der Waals surface area (Å²) in [6, 6.07) is 0.919. The maximum atomic E-state index is 13.8. The van der Waals surface area contributed by atoms with Crippen LogP contribution in [0.1, 0.15) is 5.56 Å². The van der Waals surface area contributed by atoms with Gasteiger partial charge >= 0.3 is 6.11 Å². The minimum atomic E-state index is -4.35. The first-order chi connectivity index (χ1) is 10.1. The van der Waals surface area contributed by atoms with Gasteiger partial charge in [0, 0.05) is 12.1 Å². The van der Waals surface area contributed by atoms with Gasteiger partial charge in [0.05, 0.1) is 10.0 Å². The molecule has 2 aromatic rings. The van der Waals surface area contributed by atoms with Crippen LogP contribution < -0.4 is 4.74 Å². The van der Waals surface area contributed by atoms with Crippen LogP contribution in [0.3, 0.4) is 0 Å². The largest absolute Gasteiger partial charge is 0.429 e. The molecule has 0 aliphatic heterocycles. The fourth-order valence-electron chi connectivity index (χ4n) is 1.52. The van der Waals surface area contributed by atoms with E-state index < -0.39 is 51.0 Å². The van der Waals surface area contributed by atoms with Crippen LogP contribution in [0.15, 0.2) is 28.7 Å². The van der Waals surface area contributed by atoms with E-state index >= 15 is 0 Å². The summed E-state index contributed by atoms with van der Waals surface area (Å²) in [5.74, 6) is -9.00. The second-order valence-corrected chi connectivity index (χ2v) is 4.87. The first-order valence-corrected chi connectivity index (χ1v) is 6.27. The molecule has 0 spiro atoms. The van der Waals surface area contributed by atoms with E-state index in [9.17, 15) is 30.7 Å². The molecule has 0 amide bonds. The number of ether oxygens (including phenoxy) is 1. The Bertz CT molecular complexity index is 686. The topological polar surface area (TPSA) is 9.23 Å². The zero-order valence-electron chi connectivity index (χ0n) is 10.2. The highest BCUT2D eigenvalue weighted by molar-refractivity contribution is 9.10. The van der Waals surface area contributed by atoms with Crippen molar-refractivity contribution in [3.63, 3.8) is 0 Å². The molecule has 0 unspecified atom stereocenters. The Labute approximate surface area is 127 Å². The standard InChI is InChI=1S/C13H4BrF7O/c14-11-7(15)3-6(4-8(11)16)22-13(20,21)5-1-9(17)12(19)10(18)2-5/h1-4H. The van der Waals surface area contributed by atoms with E-state index in [0.29, 0.717) is 12.1 Å². The molecule has 0 N–H and O–H groups in total. The maximum absolute atomic E-state index is 13.8. The first-order valence-electron chi connectivity index (χ1n) is 5.48. The molecule has 22 heavy (non-hydrogen) atoms. The molecule has 0 radical (unpaired) electrons. The van der Waals surface area contributed by atoms with Crippen LogP contribution in [0, 0.1) is 29.1 Å². The molecule has 0 bridgehead atoms. The quantitative estimate of drug-likeness (QED) is 0.513. The van der Waals surface area contributed by atoms with Gasteiger partial charge < -0.3 is 4.74 Å². The van der Waals surface area contributed by atoms with Crippen LogP contribution >= 0.6 is 15.9 Å². The second kappa shape index (κ2) is 5.79. The summed E-state index contributed by atoms with van der Waals surface area (Å²) in [5, 5.41) is 0. The second-order valence-electron chi connectivity index (χ2n) is 4.07. The summed E-state index contributed by atoms with van der Waals surface area (Å²) in [4.78, 5) is 0. The Morgan fingerprint density at radius 3 is 1.68 bits per heavy atom. The normalized spacial score (nSPS) is 11.6. The zero-order valence-corrected chi connectivity index (χ0v) is 11.8. The van der Waals surface area contributed by atoms with E-state index in [-0.39, 0.29) is 12.1 Å². The minimum Gasteiger partial charge on any atom is -0.429 e. The molecule has 0 aromatic heterocycles. The molecule has 0 saturated heterocycles. The Morgan fingerprint density at radius 2 is 1.23 bits per heavy atom. The number of hydrogen-bond acceptors (Lipinski definition) is 1. The number of hydrogen-bond donors (Lipinski definition) is 0. The van der Waals surface area contributed by atoms with E-state index in [0.717, 1.165) is 0 Å². The lowest BCUT2D eigenvalue weighted by atomic mass is 10.2. The summed E-state index contributed by atoms with van der Waals surface area (Å²) in [5.41, 5.74) is -1.35. The summed E-state index contributed by atoms with van der Waals surface area (Å²) in [7, 11) is 0. The lowest BCUT2D eigenvalue weighted by molar-refractivity contribution is -0.186. The van der Waals surface area contributed by atoms with E-state index in [1.807, 2.05) is 0 Å². The smallest absolute Gasteiger partial charge is 0.426 e. The van der Waals surface area contributed by atoms with Crippen molar-refractivity contribution in [2.45, 2.75) is 6.11 Å². The molecule has 0 aliphatic rings. The summed E-state index contributed by atoms with van der Waals surface area (Å²) in [6.07, 6.45) is -4.35. The van der Waals surface area contributed by atoms with Gasteiger partial charge in [-0.2, -0.15) is 8.78 Å². The summed E-state index contributed by atoms with van der Waals surface area (Å²) in [6.45, 7) is 0. The molecule has 1 nitrogen and oxygen atoms in total. The van der Waals surface area contributed by atoms with Crippen LogP contribution in [-0.2, 0) is 6.11 Å². The van der Waals surface area contributed by atoms with Crippen molar-refractivity contribution < 1.29 is 35.5 Å². The third-order valence-corrected chi connectivity index (χ3v) is 3.28. The van der Waals surface area contributed by atoms with Crippen LogP contribution in [-0.4, -0.2) is 0 Å². The molecular formula is C13H4BrF7O. The third-order valence-electron chi connectivity index (χ3n) is 2.52. The third kappa shape index (κ3) is 3.18. The van der Waals surface area contributed by atoms with Gasteiger partial charge in [-0.25, -0.2) is 22.0 Å². The molecule has 0 heterocycles. The highest BCUT2D eigenvalue weighted by Gasteiger charge is 2.37. The summed E-state index contributed by atoms with van der Waals surface area (Å²) < 4.78 is 96.1. The SMILES string of the molecule is Fc1cc(C(F)(F)Oc2cc(F)c(Br)c(F)c2)cc(F)c1F. The molecular weight excluding hydrogens is 385 g/mol. The van der Waals surface area contributed by atoms with Crippen LogP contribution in [0.2, 0.25) is 0 Å². The van der Waals surface area contributed by atoms with Gasteiger partial charge in [0.15, 0.2) is 17.5 Å². The minimum absolute atomic E-state index is 0.0178. The predicted octanol–water partition coefficient (Wildman–Crippen LogP) is 5.27. The average Bonchev–Trinajstić information content (AvgIpc) is 2.41. The van der Waals surface area contributed by atoms with Gasteiger partial charge in [0.2, 0.25) is 0 Å². The number of alkyl halides is 2. The van der Waals surface area contributed by atoms with Gasteiger partial charge in [-0.05, 0) is 28.1 Å². The van der Waals surface area contributed by atoms with Crippen molar-refractivity contribution in [2.24, 2.45) is 0 Å². The molecule has 2 aromatic carbocycles. The average molecular weight is 389 g/mol. The monoisotopic (exact) mass is 388 g/mol. The van der Waals surface area contributed by atoms with E-state index in [1.54, 1.807) is 0 Å². The van der Waals surface area contributed by atoms with Crippen molar-refractivity contribution >= 4 is 15.9 Å². The van der Waals surface area contributed by atoms with Crippen molar-refractivity contribution in [3.05, 3.63) is 63.4 Å². The van der Waals surface area contributed by atoms with Crippen LogP contribution in [0.25, 0.3) is 0 Å². The predicted molar refractivity (Wildman–Crippen MR) is 64.9 cm³/mol. The Kier molecular flexibility index (Phi) is 4.37. The lowest BCUT2D eigenvalue weighted by Gasteiger charge is -2.19. The van der Waals surface area contributed by atoms with Gasteiger partial charge in [0.25, 0.3) is 0 Å². The van der Waals surface area contributed by atoms with Crippen LogP contribution in [0.4, 0.5) is 30.7 Å². The van der Waals surface area contributed by atoms with Crippen molar-refractivity contribution in [1.29, 1.82) is 0 Å². The van der Waals surface area contributed by atoms with Crippen molar-refractivity contribution in [2.75, 3.05) is 0 Å². The number of benzene rings is 2. The van der Waals surface area contributed by atoms with Gasteiger partial charge in [-0.1, -0.05) is 0 Å². The van der Waals surface area contributed by atoms with E-state index in [1.165, 1.54) is 0 Å². The molecule has 0 fully saturated rings. The molecule has 0 aliphatic carbocycles. The van der Waals surface area contributed by atoms with Gasteiger partial charge in [-0.15, -0.1) is 0 Å². The highest BCUT2D eigenvalue weighted by Crippen LogP contribution is 2.35. The lowest BCUT2D eigenvalue weighted by Crippen LogP contribution is -2.23. The molecule has 0 atom stereocenters. The Hall–Kier alpha value is -1.77. The van der Waals surface area contributed by atoms with Crippen molar-refractivity contribution in [1.82, 2.24) is 0 Å².